The molecular weight excluding hydrogens is 252 g/mol. The average Bonchev–Trinajstić information content (AvgIpc) is 2.48. The Labute approximate surface area is 121 Å². The summed E-state index contributed by atoms with van der Waals surface area (Å²) in [6.45, 7) is 4.72. The summed E-state index contributed by atoms with van der Waals surface area (Å²) in [6, 6.07) is 7.77. The van der Waals surface area contributed by atoms with Gasteiger partial charge >= 0.3 is 0 Å². The fourth-order valence-electron chi connectivity index (χ4n) is 2.51. The molecule has 0 spiro atoms. The molecule has 0 aliphatic carbocycles. The van der Waals surface area contributed by atoms with Crippen LogP contribution in [0.25, 0.3) is 0 Å². The van der Waals surface area contributed by atoms with E-state index in [1.54, 1.807) is 7.11 Å². The normalized spacial score (nSPS) is 16.0. The second-order valence-corrected chi connectivity index (χ2v) is 5.44. The fourth-order valence-corrected chi connectivity index (χ4v) is 2.51. The number of rotatable bonds is 5. The van der Waals surface area contributed by atoms with E-state index < -0.39 is 0 Å². The Morgan fingerprint density at radius 3 is 2.75 bits per heavy atom. The van der Waals surface area contributed by atoms with Gasteiger partial charge in [-0.1, -0.05) is 19.1 Å². The molecule has 2 rings (SSSR count). The van der Waals surface area contributed by atoms with Gasteiger partial charge in [0.2, 0.25) is 5.91 Å². The zero-order chi connectivity index (χ0) is 14.4. The molecule has 1 fully saturated rings. The van der Waals surface area contributed by atoms with Crippen molar-refractivity contribution in [2.45, 2.75) is 26.2 Å². The third-order valence-electron chi connectivity index (χ3n) is 3.90. The maximum absolute atomic E-state index is 12.1. The van der Waals surface area contributed by atoms with Crippen LogP contribution in [0.4, 0.5) is 5.69 Å². The molecule has 0 saturated carbocycles. The van der Waals surface area contributed by atoms with Crippen molar-refractivity contribution < 1.29 is 9.53 Å². The number of piperidine rings is 1. The first-order valence-electron chi connectivity index (χ1n) is 7.35. The highest BCUT2D eigenvalue weighted by Gasteiger charge is 2.19. The number of nitrogens with one attached hydrogen (secondary N) is 1. The quantitative estimate of drug-likeness (QED) is 0.899. The van der Waals surface area contributed by atoms with Crippen LogP contribution in [-0.2, 0) is 4.79 Å². The Hall–Kier alpha value is -1.71. The first-order chi connectivity index (χ1) is 9.70. The summed E-state index contributed by atoms with van der Waals surface area (Å²) in [5.74, 6) is 1.82. The highest BCUT2D eigenvalue weighted by molar-refractivity contribution is 5.77. The van der Waals surface area contributed by atoms with E-state index in [4.69, 9.17) is 4.74 Å². The van der Waals surface area contributed by atoms with Crippen molar-refractivity contribution >= 4 is 11.6 Å². The van der Waals surface area contributed by atoms with Gasteiger partial charge in [0.25, 0.3) is 0 Å². The predicted octanol–water partition coefficient (Wildman–Crippen LogP) is 2.76. The van der Waals surface area contributed by atoms with Crippen LogP contribution in [0.3, 0.4) is 0 Å². The van der Waals surface area contributed by atoms with Crippen LogP contribution in [0.15, 0.2) is 24.3 Å². The number of nitrogens with zero attached hydrogens (tertiary/aromatic N) is 1. The molecule has 1 heterocycles. The number of para-hydroxylation sites is 2. The fraction of sp³-hybridized carbons (Fsp3) is 0.562. The summed E-state index contributed by atoms with van der Waals surface area (Å²) in [6.07, 6.45) is 2.80. The third-order valence-corrected chi connectivity index (χ3v) is 3.90. The molecule has 4 heteroatoms. The van der Waals surface area contributed by atoms with E-state index in [2.05, 4.69) is 12.2 Å². The van der Waals surface area contributed by atoms with Gasteiger partial charge in [-0.05, 0) is 30.9 Å². The highest BCUT2D eigenvalue weighted by atomic mass is 16.5. The molecular formula is C16H24N2O2. The highest BCUT2D eigenvalue weighted by Crippen LogP contribution is 2.23. The van der Waals surface area contributed by atoms with Crippen molar-refractivity contribution in [3.63, 3.8) is 0 Å². The summed E-state index contributed by atoms with van der Waals surface area (Å²) in [5, 5.41) is 3.27. The lowest BCUT2D eigenvalue weighted by molar-refractivity contribution is -0.132. The van der Waals surface area contributed by atoms with Crippen molar-refractivity contribution in [1.29, 1.82) is 0 Å². The van der Waals surface area contributed by atoms with E-state index in [0.29, 0.717) is 13.0 Å². The molecule has 0 atom stereocenters. The molecule has 0 unspecified atom stereocenters. The van der Waals surface area contributed by atoms with Crippen LogP contribution in [0.2, 0.25) is 0 Å². The summed E-state index contributed by atoms with van der Waals surface area (Å²) in [7, 11) is 1.65. The van der Waals surface area contributed by atoms with E-state index in [1.165, 1.54) is 0 Å². The number of carbonyl (C=O) groups excluding carboxylic acids is 1. The lowest BCUT2D eigenvalue weighted by Crippen LogP contribution is -2.38. The zero-order valence-corrected chi connectivity index (χ0v) is 12.4. The van der Waals surface area contributed by atoms with Gasteiger partial charge in [-0.25, -0.2) is 0 Å². The zero-order valence-electron chi connectivity index (χ0n) is 12.4. The van der Waals surface area contributed by atoms with Gasteiger partial charge < -0.3 is 15.0 Å². The van der Waals surface area contributed by atoms with Crippen molar-refractivity contribution in [3.05, 3.63) is 24.3 Å². The number of ether oxygens (including phenoxy) is 1. The smallest absolute Gasteiger partial charge is 0.224 e. The second kappa shape index (κ2) is 7.17. The molecule has 1 saturated heterocycles. The van der Waals surface area contributed by atoms with Crippen LogP contribution >= 0.6 is 0 Å². The molecule has 110 valence electrons. The Balaban J connectivity index is 1.76. The largest absolute Gasteiger partial charge is 0.495 e. The first-order valence-corrected chi connectivity index (χ1v) is 7.35. The van der Waals surface area contributed by atoms with Gasteiger partial charge in [0.05, 0.1) is 12.8 Å². The van der Waals surface area contributed by atoms with Gasteiger partial charge in [0.15, 0.2) is 0 Å². The van der Waals surface area contributed by atoms with E-state index in [1.807, 2.05) is 29.2 Å². The standard InChI is InChI=1S/C16H24N2O2/c1-13-8-11-18(12-9-13)16(19)7-10-17-14-5-3-4-6-15(14)20-2/h3-6,13,17H,7-12H2,1-2H3. The molecule has 0 radical (unpaired) electrons. The third kappa shape index (κ3) is 3.89. The number of hydrogen-bond acceptors (Lipinski definition) is 3. The van der Waals surface area contributed by atoms with E-state index in [-0.39, 0.29) is 5.91 Å². The summed E-state index contributed by atoms with van der Waals surface area (Å²) in [5.41, 5.74) is 0.940. The second-order valence-electron chi connectivity index (χ2n) is 5.44. The molecule has 20 heavy (non-hydrogen) atoms. The maximum Gasteiger partial charge on any atom is 0.224 e. The molecule has 1 aromatic rings. The number of hydrogen-bond donors (Lipinski definition) is 1. The molecule has 1 N–H and O–H groups in total. The SMILES string of the molecule is COc1ccccc1NCCC(=O)N1CCC(C)CC1. The lowest BCUT2D eigenvalue weighted by atomic mass is 9.99. The molecule has 0 bridgehead atoms. The van der Waals surface area contributed by atoms with Gasteiger partial charge in [0, 0.05) is 26.1 Å². The van der Waals surface area contributed by atoms with E-state index in [9.17, 15) is 4.79 Å². The lowest BCUT2D eigenvalue weighted by Gasteiger charge is -2.30. The monoisotopic (exact) mass is 276 g/mol. The molecule has 0 aromatic heterocycles. The van der Waals surface area contributed by atoms with Gasteiger partial charge in [-0.2, -0.15) is 0 Å². The van der Waals surface area contributed by atoms with E-state index >= 15 is 0 Å². The summed E-state index contributed by atoms with van der Waals surface area (Å²) < 4.78 is 5.27. The molecule has 1 aliphatic rings. The number of methoxy groups -OCH3 is 1. The average molecular weight is 276 g/mol. The Morgan fingerprint density at radius 2 is 2.05 bits per heavy atom. The number of amides is 1. The van der Waals surface area contributed by atoms with Crippen LogP contribution in [0, 0.1) is 5.92 Å². The van der Waals surface area contributed by atoms with Gasteiger partial charge in [-0.15, -0.1) is 0 Å². The number of anilines is 1. The first kappa shape index (κ1) is 14.7. The van der Waals surface area contributed by atoms with Crippen molar-refractivity contribution in [3.8, 4) is 5.75 Å². The van der Waals surface area contributed by atoms with Crippen LogP contribution < -0.4 is 10.1 Å². The minimum atomic E-state index is 0.249. The van der Waals surface area contributed by atoms with Crippen molar-refractivity contribution in [2.24, 2.45) is 5.92 Å². The number of benzene rings is 1. The van der Waals surface area contributed by atoms with Gasteiger partial charge in [0.1, 0.15) is 5.75 Å². The Kier molecular flexibility index (Phi) is 5.27. The number of carbonyl (C=O) groups is 1. The maximum atomic E-state index is 12.1. The topological polar surface area (TPSA) is 41.6 Å². The summed E-state index contributed by atoms with van der Waals surface area (Å²) >= 11 is 0. The predicted molar refractivity (Wildman–Crippen MR) is 81.1 cm³/mol. The van der Waals surface area contributed by atoms with Crippen LogP contribution in [0.1, 0.15) is 26.2 Å². The minimum Gasteiger partial charge on any atom is -0.495 e. The van der Waals surface area contributed by atoms with Crippen molar-refractivity contribution in [1.82, 2.24) is 4.90 Å². The Morgan fingerprint density at radius 1 is 1.35 bits per heavy atom. The minimum absolute atomic E-state index is 0.249. The van der Waals surface area contributed by atoms with Gasteiger partial charge in [-0.3, -0.25) is 4.79 Å². The summed E-state index contributed by atoms with van der Waals surface area (Å²) in [4.78, 5) is 14.1. The number of likely N-dealkylation sites (tertiary alicyclic amines) is 1. The molecule has 1 amide bonds. The van der Waals surface area contributed by atoms with Crippen molar-refractivity contribution in [2.75, 3.05) is 32.1 Å². The van der Waals surface area contributed by atoms with E-state index in [0.717, 1.165) is 43.3 Å². The molecule has 1 aromatic carbocycles. The van der Waals surface area contributed by atoms with Crippen LogP contribution in [0.5, 0.6) is 5.75 Å². The van der Waals surface area contributed by atoms with Crippen LogP contribution in [-0.4, -0.2) is 37.6 Å². The Bertz CT molecular complexity index is 440. The molecule has 1 aliphatic heterocycles. The molecule has 4 nitrogen and oxygen atoms in total.